The number of fused-ring (bicyclic) bond motifs is 18. The molecule has 0 spiro atoms. The molecule has 6 aromatic rings. The van der Waals surface area contributed by atoms with E-state index >= 15 is 0 Å². The number of anilines is 1. The Balaban J connectivity index is 0.00000803. The zero-order chi connectivity index (χ0) is 53.9. The van der Waals surface area contributed by atoms with Gasteiger partial charge >= 0.3 is 16.8 Å². The molecule has 5 heterocycles. The molecule has 1 radical (unpaired) electrons. The third-order valence-electron chi connectivity index (χ3n) is 16.3. The van der Waals surface area contributed by atoms with Gasteiger partial charge in [0, 0.05) is 38.9 Å². The van der Waals surface area contributed by atoms with E-state index in [9.17, 15) is 0 Å². The number of hydrogen-bond donors (Lipinski definition) is 1. The molecule has 9 rings (SSSR count). The van der Waals surface area contributed by atoms with Crippen LogP contribution >= 0.6 is 0 Å². The Labute approximate surface area is 474 Å². The van der Waals surface area contributed by atoms with Crippen molar-refractivity contribution in [2.24, 2.45) is 48.6 Å². The van der Waals surface area contributed by atoms with Crippen LogP contribution in [0, 0.1) is 23.7 Å². The summed E-state index contributed by atoms with van der Waals surface area (Å²) in [4.78, 5) is 38.0. The van der Waals surface area contributed by atoms with Crippen molar-refractivity contribution < 1.29 is 35.7 Å². The molecular formula is C65H84CoN8O4. The molecule has 5 atom stereocenters. The summed E-state index contributed by atoms with van der Waals surface area (Å²) in [6.07, 6.45) is 17.8. The second-order valence-corrected chi connectivity index (χ2v) is 21.9. The summed E-state index contributed by atoms with van der Waals surface area (Å²) in [7, 11) is 0. The number of hydrogen-bond acceptors (Lipinski definition) is 10. The van der Waals surface area contributed by atoms with Gasteiger partial charge in [-0.2, -0.15) is 0 Å². The molecule has 8 bridgehead atoms. The summed E-state index contributed by atoms with van der Waals surface area (Å²) in [5, 5.41) is 7.14. The predicted octanol–water partition coefficient (Wildman–Crippen LogP) is 15.1. The fourth-order valence-corrected chi connectivity index (χ4v) is 11.1. The van der Waals surface area contributed by atoms with Crippen molar-refractivity contribution in [1.82, 2.24) is 9.97 Å². The maximum absolute atomic E-state index is 6.89. The van der Waals surface area contributed by atoms with E-state index in [1.54, 1.807) is 0 Å². The van der Waals surface area contributed by atoms with Crippen LogP contribution in [0.2, 0.25) is 0 Å². The molecule has 3 aliphatic heterocycles. The van der Waals surface area contributed by atoms with Gasteiger partial charge in [0.25, 0.3) is 0 Å². The first-order chi connectivity index (χ1) is 37.7. The van der Waals surface area contributed by atoms with Crippen LogP contribution < -0.4 is 45.2 Å². The standard InChI is InChI=1S/C65H84N8O4.Co/c1-10-18-26-42(14-5)38-74-50-34-22-30-46-54(50)61-66-58(46)67-62-55-47(31-23-35-51(55)75-39-43(15-6)27-19-11-2)59(68-62)71-64-57-49(33-25-37-53(57)77-41-45(17-8)29-21-13-4)65(9,73-64)72-63-56-48(60(69-61)70-63)32-24-36-52(56)76-40-44(16-7)28-20-12-3;/h22-25,30-37,42-45,72H,10-21,26-29,38-41H2,1-9H3;/q-2;+2. The van der Waals surface area contributed by atoms with Crippen LogP contribution in [0.4, 0.5) is 11.6 Å². The van der Waals surface area contributed by atoms with Crippen molar-refractivity contribution in [3.05, 3.63) is 106 Å². The van der Waals surface area contributed by atoms with Crippen LogP contribution in [0.1, 0.15) is 187 Å². The Morgan fingerprint density at radius 1 is 0.474 bits per heavy atom. The van der Waals surface area contributed by atoms with Gasteiger partial charge in [0.15, 0.2) is 0 Å². The molecule has 5 unspecified atom stereocenters. The summed E-state index contributed by atoms with van der Waals surface area (Å²) in [6.45, 7) is 22.4. The second kappa shape index (κ2) is 27.3. The van der Waals surface area contributed by atoms with E-state index in [0.717, 1.165) is 158 Å². The average Bonchev–Trinajstić information content (AvgIpc) is 4.37. The molecule has 1 N–H and O–H groups in total. The third-order valence-corrected chi connectivity index (χ3v) is 16.3. The average molecular weight is 1100 g/mol. The van der Waals surface area contributed by atoms with Gasteiger partial charge in [-0.05, 0) is 96.9 Å². The van der Waals surface area contributed by atoms with Crippen molar-refractivity contribution in [1.29, 1.82) is 0 Å². The Kier molecular flexibility index (Phi) is 20.4. The molecular weight excluding hydrogens is 1020 g/mol. The number of amidine groups is 3. The van der Waals surface area contributed by atoms with Crippen molar-refractivity contribution in [2.75, 3.05) is 31.7 Å². The van der Waals surface area contributed by atoms with E-state index in [4.69, 9.17) is 53.9 Å². The SMILES string of the molecule is CCCCC(CC)COc1cccc2c1C1=NC2(C)Nc2[n-]c(c3cccc(OCC(CC)CCCC)c23)/N=C2\N=C(N=c3[n-]c(c4cccc(OCC(CC)CCCC)c34)=N1)c1cccc(OCC(CC)CCCC)c12.[Co+2]. The van der Waals surface area contributed by atoms with Gasteiger partial charge in [0.05, 0.1) is 55.1 Å². The zero-order valence-electron chi connectivity index (χ0n) is 48.0. The topological polar surface area (TPSA) is 139 Å². The molecule has 0 saturated carbocycles. The third kappa shape index (κ3) is 12.7. The largest absolute Gasteiger partial charge is 2.00 e. The van der Waals surface area contributed by atoms with Crippen LogP contribution in [0.3, 0.4) is 0 Å². The summed E-state index contributed by atoms with van der Waals surface area (Å²) in [6, 6.07) is 24.6. The molecule has 13 heteroatoms. The summed E-state index contributed by atoms with van der Waals surface area (Å²) in [5.41, 5.74) is 3.20. The summed E-state index contributed by atoms with van der Waals surface area (Å²) in [5.74, 6) is 7.10. The van der Waals surface area contributed by atoms with Gasteiger partial charge in [-0.1, -0.05) is 181 Å². The first-order valence-corrected chi connectivity index (χ1v) is 29.6. The van der Waals surface area contributed by atoms with E-state index in [-0.39, 0.29) is 16.8 Å². The van der Waals surface area contributed by atoms with Crippen molar-refractivity contribution in [2.45, 2.75) is 171 Å². The molecule has 0 aliphatic carbocycles. The minimum absolute atomic E-state index is 0. The number of ether oxygens (including phenoxy) is 4. The van der Waals surface area contributed by atoms with Gasteiger partial charge in [0.1, 0.15) is 28.7 Å². The molecule has 12 nitrogen and oxygen atoms in total. The maximum Gasteiger partial charge on any atom is 2.00 e. The monoisotopic (exact) mass is 1100 g/mol. The number of nitrogens with zero attached hydrogens (tertiary/aromatic N) is 7. The molecule has 0 amide bonds. The van der Waals surface area contributed by atoms with Crippen LogP contribution in [-0.4, -0.2) is 43.9 Å². The summed E-state index contributed by atoms with van der Waals surface area (Å²) < 4.78 is 27.4. The van der Waals surface area contributed by atoms with E-state index in [1.165, 1.54) is 0 Å². The first-order valence-electron chi connectivity index (χ1n) is 29.6. The van der Waals surface area contributed by atoms with Crippen LogP contribution in [0.15, 0.2) is 97.8 Å². The quantitative estimate of drug-likeness (QED) is 0.0516. The zero-order valence-corrected chi connectivity index (χ0v) is 49.0. The molecule has 2 aromatic heterocycles. The number of unbranched alkanes of at least 4 members (excludes halogenated alkanes) is 4. The molecule has 4 aromatic carbocycles. The van der Waals surface area contributed by atoms with Gasteiger partial charge in [0.2, 0.25) is 0 Å². The predicted molar refractivity (Wildman–Crippen MR) is 315 cm³/mol. The van der Waals surface area contributed by atoms with E-state index in [1.807, 2.05) is 36.4 Å². The molecule has 0 fully saturated rings. The Hall–Kier alpha value is -5.92. The van der Waals surface area contributed by atoms with Gasteiger partial charge < -0.3 is 49.2 Å². The fraction of sp³-hybridized carbons (Fsp3) is 0.523. The smallest absolute Gasteiger partial charge is 0.493 e. The Morgan fingerprint density at radius 2 is 0.949 bits per heavy atom. The maximum atomic E-state index is 6.89. The number of aromatic nitrogens is 2. The fourth-order valence-electron chi connectivity index (χ4n) is 11.1. The number of aliphatic imine (C=N–C) groups is 3. The Bertz CT molecular complexity index is 3210. The minimum Gasteiger partial charge on any atom is -0.493 e. The Morgan fingerprint density at radius 3 is 1.50 bits per heavy atom. The number of rotatable bonds is 28. The summed E-state index contributed by atoms with van der Waals surface area (Å²) >= 11 is 0. The molecule has 0 saturated heterocycles. The van der Waals surface area contributed by atoms with Crippen LogP contribution in [0.5, 0.6) is 23.0 Å². The number of nitrogens with one attached hydrogen (secondary N) is 1. The van der Waals surface area contributed by atoms with E-state index < -0.39 is 5.66 Å². The van der Waals surface area contributed by atoms with Crippen molar-refractivity contribution >= 4 is 50.7 Å². The minimum atomic E-state index is -1.06. The van der Waals surface area contributed by atoms with E-state index in [0.29, 0.717) is 102 Å². The van der Waals surface area contributed by atoms with Crippen molar-refractivity contribution in [3.8, 4) is 23.0 Å². The second-order valence-electron chi connectivity index (χ2n) is 21.9. The van der Waals surface area contributed by atoms with Crippen molar-refractivity contribution in [3.63, 3.8) is 0 Å². The molecule has 78 heavy (non-hydrogen) atoms. The molecule has 417 valence electrons. The van der Waals surface area contributed by atoms with E-state index in [2.05, 4.69) is 104 Å². The molecule has 3 aliphatic rings. The van der Waals surface area contributed by atoms with Crippen LogP contribution in [-0.2, 0) is 22.4 Å². The van der Waals surface area contributed by atoms with Gasteiger partial charge in [-0.3, -0.25) is 4.99 Å². The normalized spacial score (nSPS) is 17.5. The van der Waals surface area contributed by atoms with Gasteiger partial charge in [-0.25, -0.2) is 4.99 Å². The number of benzene rings is 4. The first kappa shape index (κ1) is 58.2. The van der Waals surface area contributed by atoms with Gasteiger partial charge in [-0.15, -0.1) is 0 Å². The van der Waals surface area contributed by atoms with Crippen LogP contribution in [0.25, 0.3) is 21.5 Å².